The summed E-state index contributed by atoms with van der Waals surface area (Å²) in [6.07, 6.45) is 0.558. The maximum absolute atomic E-state index is 10.5. The van der Waals surface area contributed by atoms with E-state index in [0.717, 1.165) is 0 Å². The average molecular weight is 327 g/mol. The topological polar surface area (TPSA) is 188 Å². The van der Waals surface area contributed by atoms with E-state index < -0.39 is 49.8 Å². The molecule has 8 N–H and O–H groups in total. The van der Waals surface area contributed by atoms with Gasteiger partial charge in [0.1, 0.15) is 6.04 Å². The molecule has 0 amide bonds. The lowest BCUT2D eigenvalue weighted by atomic mass is 9.93. The van der Waals surface area contributed by atoms with Crippen molar-refractivity contribution in [2.75, 3.05) is 39.6 Å². The van der Waals surface area contributed by atoms with Gasteiger partial charge >= 0.3 is 11.9 Å². The molecule has 0 aromatic rings. The lowest BCUT2D eigenvalue weighted by Gasteiger charge is -2.23. The zero-order chi connectivity index (χ0) is 17.6. The van der Waals surface area contributed by atoms with Crippen LogP contribution in [0.3, 0.4) is 0 Å². The van der Waals surface area contributed by atoms with Crippen molar-refractivity contribution >= 4 is 11.9 Å². The van der Waals surface area contributed by atoms with E-state index in [0.29, 0.717) is 6.42 Å². The number of aliphatic hydroxyl groups is 5. The first kappa shape index (κ1) is 23.0. The molecule has 22 heavy (non-hydrogen) atoms. The molecule has 0 aromatic heterocycles. The Balaban J connectivity index is 0. The van der Waals surface area contributed by atoms with Gasteiger partial charge in [-0.3, -0.25) is 14.9 Å². The molecule has 0 aliphatic rings. The Morgan fingerprint density at radius 2 is 1.36 bits per heavy atom. The van der Waals surface area contributed by atoms with Gasteiger partial charge in [0.15, 0.2) is 0 Å². The molecule has 1 unspecified atom stereocenters. The third-order valence-corrected chi connectivity index (χ3v) is 2.79. The Kier molecular flexibility index (Phi) is 14.0. The van der Waals surface area contributed by atoms with Crippen LogP contribution in [-0.2, 0) is 9.59 Å². The first-order chi connectivity index (χ1) is 10.3. The lowest BCUT2D eigenvalue weighted by Crippen LogP contribution is -2.39. The van der Waals surface area contributed by atoms with Gasteiger partial charge in [0, 0.05) is 6.61 Å². The van der Waals surface area contributed by atoms with Gasteiger partial charge in [-0.15, -0.1) is 0 Å². The predicted octanol–water partition coefficient (Wildman–Crippen LogP) is -3.17. The van der Waals surface area contributed by atoms with Crippen molar-refractivity contribution < 1.29 is 45.3 Å². The molecule has 0 saturated heterocycles. The molecular formula is C12H25NO9. The molecule has 0 aliphatic heterocycles. The summed E-state index contributed by atoms with van der Waals surface area (Å²) in [6.45, 7) is -2.11. The summed E-state index contributed by atoms with van der Waals surface area (Å²) in [4.78, 5) is 20.6. The van der Waals surface area contributed by atoms with Crippen LogP contribution < -0.4 is 5.32 Å². The summed E-state index contributed by atoms with van der Waals surface area (Å²) in [5.41, 5.74) is -1.11. The van der Waals surface area contributed by atoms with Crippen molar-refractivity contribution in [1.29, 1.82) is 0 Å². The van der Waals surface area contributed by atoms with Gasteiger partial charge in [-0.25, -0.2) is 0 Å². The largest absolute Gasteiger partial charge is 0.480 e. The average Bonchev–Trinajstić information content (AvgIpc) is 2.50. The minimum atomic E-state index is -1.11. The fourth-order valence-electron chi connectivity index (χ4n) is 1.12. The number of hydrogen-bond acceptors (Lipinski definition) is 8. The number of aliphatic hydroxyl groups excluding tert-OH is 5. The minimum absolute atomic E-state index is 0.0987. The summed E-state index contributed by atoms with van der Waals surface area (Å²) in [6, 6.07) is -0.900. The first-order valence-electron chi connectivity index (χ1n) is 6.54. The van der Waals surface area contributed by atoms with E-state index in [4.69, 9.17) is 35.7 Å². The molecule has 1 atom stereocenters. The highest BCUT2D eigenvalue weighted by Gasteiger charge is 2.26. The van der Waals surface area contributed by atoms with E-state index in [9.17, 15) is 9.59 Å². The van der Waals surface area contributed by atoms with Crippen molar-refractivity contribution in [2.24, 2.45) is 5.41 Å². The molecule has 0 fully saturated rings. The Hall–Kier alpha value is -1.30. The van der Waals surface area contributed by atoms with E-state index in [-0.39, 0.29) is 19.6 Å². The third kappa shape index (κ3) is 10.4. The molecular weight excluding hydrogens is 302 g/mol. The van der Waals surface area contributed by atoms with Crippen LogP contribution in [0.4, 0.5) is 0 Å². The van der Waals surface area contributed by atoms with Crippen molar-refractivity contribution in [3.63, 3.8) is 0 Å². The zero-order valence-electron chi connectivity index (χ0n) is 12.2. The smallest absolute Gasteiger partial charge is 0.320 e. The van der Waals surface area contributed by atoms with Crippen LogP contribution in [-0.4, -0.2) is 93.3 Å². The van der Waals surface area contributed by atoms with Crippen LogP contribution in [0.2, 0.25) is 0 Å². The number of aliphatic carboxylic acids is 2. The minimum Gasteiger partial charge on any atom is -0.480 e. The maximum atomic E-state index is 10.5. The molecule has 0 spiro atoms. The molecule has 0 bridgehead atoms. The van der Waals surface area contributed by atoms with Gasteiger partial charge in [0.25, 0.3) is 0 Å². The number of carboxylic acid groups (broad SMARTS) is 2. The van der Waals surface area contributed by atoms with E-state index in [2.05, 4.69) is 5.32 Å². The second kappa shape index (κ2) is 13.4. The maximum Gasteiger partial charge on any atom is 0.320 e. The number of rotatable bonds is 11. The van der Waals surface area contributed by atoms with Gasteiger partial charge in [0.2, 0.25) is 0 Å². The standard InChI is InChI=1S/C7H13NO5.C5H12O4/c9-3-1-2-5(7(12)13)8-4-6(10)11;6-1-5(2-7,3-8)4-9/h5,8-9H,1-4H2,(H,10,11)(H,12,13);6-9H,1-4H2. The van der Waals surface area contributed by atoms with Gasteiger partial charge in [0.05, 0.1) is 38.4 Å². The highest BCUT2D eigenvalue weighted by molar-refractivity contribution is 5.75. The number of carbonyl (C=O) groups is 2. The molecule has 0 saturated carbocycles. The van der Waals surface area contributed by atoms with Gasteiger partial charge in [-0.05, 0) is 12.8 Å². The van der Waals surface area contributed by atoms with Crippen molar-refractivity contribution in [1.82, 2.24) is 5.32 Å². The van der Waals surface area contributed by atoms with E-state index in [1.807, 2.05) is 0 Å². The Bertz CT molecular complexity index is 289. The van der Waals surface area contributed by atoms with Gasteiger partial charge < -0.3 is 35.7 Å². The van der Waals surface area contributed by atoms with Crippen LogP contribution in [0.25, 0.3) is 0 Å². The molecule has 0 radical (unpaired) electrons. The van der Waals surface area contributed by atoms with Gasteiger partial charge in [-0.2, -0.15) is 0 Å². The monoisotopic (exact) mass is 327 g/mol. The Labute approximate surface area is 127 Å². The van der Waals surface area contributed by atoms with Crippen LogP contribution in [0.5, 0.6) is 0 Å². The summed E-state index contributed by atoms with van der Waals surface area (Å²) < 4.78 is 0. The lowest BCUT2D eigenvalue weighted by molar-refractivity contribution is -0.140. The molecule has 0 heterocycles. The second-order valence-electron chi connectivity index (χ2n) is 4.66. The molecule has 0 rings (SSSR count). The second-order valence-corrected chi connectivity index (χ2v) is 4.66. The summed E-state index contributed by atoms with van der Waals surface area (Å²) >= 11 is 0. The summed E-state index contributed by atoms with van der Waals surface area (Å²) in [7, 11) is 0. The van der Waals surface area contributed by atoms with E-state index >= 15 is 0 Å². The molecule has 0 aromatic carbocycles. The van der Waals surface area contributed by atoms with Gasteiger partial charge in [-0.1, -0.05) is 0 Å². The fourth-order valence-corrected chi connectivity index (χ4v) is 1.12. The fraction of sp³-hybridized carbons (Fsp3) is 0.833. The molecule has 10 nitrogen and oxygen atoms in total. The Morgan fingerprint density at radius 1 is 0.909 bits per heavy atom. The SMILES string of the molecule is O=C(O)CNC(CCCO)C(=O)O.OCC(CO)(CO)CO. The normalized spacial score (nSPS) is 12.2. The molecule has 132 valence electrons. The van der Waals surface area contributed by atoms with E-state index in [1.54, 1.807) is 0 Å². The first-order valence-corrected chi connectivity index (χ1v) is 6.54. The van der Waals surface area contributed by atoms with Crippen molar-refractivity contribution in [3.8, 4) is 0 Å². The highest BCUT2D eigenvalue weighted by atomic mass is 16.4. The summed E-state index contributed by atoms with van der Waals surface area (Å²) in [5.74, 6) is -2.20. The quantitative estimate of drug-likeness (QED) is 0.192. The Morgan fingerprint density at radius 3 is 1.59 bits per heavy atom. The van der Waals surface area contributed by atoms with Crippen molar-refractivity contribution in [2.45, 2.75) is 18.9 Å². The molecule has 10 heteroatoms. The molecule has 0 aliphatic carbocycles. The van der Waals surface area contributed by atoms with Crippen LogP contribution in [0.15, 0.2) is 0 Å². The van der Waals surface area contributed by atoms with Crippen LogP contribution >= 0.6 is 0 Å². The zero-order valence-corrected chi connectivity index (χ0v) is 12.2. The van der Waals surface area contributed by atoms with Crippen molar-refractivity contribution in [3.05, 3.63) is 0 Å². The number of hydrogen-bond donors (Lipinski definition) is 8. The predicted molar refractivity (Wildman–Crippen MR) is 74.2 cm³/mol. The summed E-state index contributed by atoms with van der Waals surface area (Å²) in [5, 5.41) is 61.6. The van der Waals surface area contributed by atoms with E-state index in [1.165, 1.54) is 0 Å². The highest BCUT2D eigenvalue weighted by Crippen LogP contribution is 2.11. The van der Waals surface area contributed by atoms with Crippen LogP contribution in [0, 0.1) is 5.41 Å². The van der Waals surface area contributed by atoms with Crippen LogP contribution in [0.1, 0.15) is 12.8 Å². The number of nitrogens with one attached hydrogen (secondary N) is 1. The number of carboxylic acids is 2. The third-order valence-electron chi connectivity index (χ3n) is 2.79.